The van der Waals surface area contributed by atoms with Crippen molar-refractivity contribution in [3.05, 3.63) is 33.6 Å². The number of halogens is 1. The van der Waals surface area contributed by atoms with Gasteiger partial charge in [-0.25, -0.2) is 0 Å². The fraction of sp³-hybridized carbons (Fsp3) is 0.100. The summed E-state index contributed by atoms with van der Waals surface area (Å²) in [6.07, 6.45) is 1.45. The number of carbonyl (C=O) groups excluding carboxylic acids is 1. The van der Waals surface area contributed by atoms with E-state index in [1.54, 1.807) is 11.3 Å². The van der Waals surface area contributed by atoms with Crippen molar-refractivity contribution in [1.82, 2.24) is 0 Å². The molecule has 0 aliphatic rings. The first kappa shape index (κ1) is 8.91. The van der Waals surface area contributed by atoms with Crippen molar-refractivity contribution in [3.63, 3.8) is 0 Å². The molecule has 0 aliphatic heterocycles. The second-order valence-corrected chi connectivity index (χ2v) is 4.51. The van der Waals surface area contributed by atoms with Crippen LogP contribution in [0.2, 0.25) is 0 Å². The largest absolute Gasteiger partial charge is 0.303 e. The van der Waals surface area contributed by atoms with E-state index in [0.29, 0.717) is 6.42 Å². The Morgan fingerprint density at radius 2 is 2.31 bits per heavy atom. The van der Waals surface area contributed by atoms with Gasteiger partial charge in [0.15, 0.2) is 0 Å². The van der Waals surface area contributed by atoms with Crippen molar-refractivity contribution in [1.29, 1.82) is 0 Å². The molecule has 0 aliphatic carbocycles. The van der Waals surface area contributed by atoms with E-state index < -0.39 is 0 Å². The zero-order chi connectivity index (χ0) is 9.26. The van der Waals surface area contributed by atoms with Crippen LogP contribution in [0, 0.1) is 0 Å². The topological polar surface area (TPSA) is 17.1 Å². The molecular weight excluding hydrogens is 248 g/mol. The van der Waals surface area contributed by atoms with E-state index in [9.17, 15) is 4.79 Å². The maximum Gasteiger partial charge on any atom is 0.124 e. The Kier molecular flexibility index (Phi) is 2.47. The number of carbonyl (C=O) groups is 1. The molecule has 1 aromatic heterocycles. The number of fused-ring (bicyclic) bond motifs is 1. The molecule has 1 heterocycles. The molecule has 0 bridgehead atoms. The minimum Gasteiger partial charge on any atom is -0.303 e. The van der Waals surface area contributed by atoms with Crippen molar-refractivity contribution in [2.24, 2.45) is 0 Å². The van der Waals surface area contributed by atoms with E-state index in [0.717, 1.165) is 16.3 Å². The van der Waals surface area contributed by atoms with Gasteiger partial charge < -0.3 is 4.79 Å². The van der Waals surface area contributed by atoms with Crippen molar-refractivity contribution in [2.75, 3.05) is 0 Å². The molecule has 1 aromatic carbocycles. The molecule has 0 radical (unpaired) electrons. The fourth-order valence-electron chi connectivity index (χ4n) is 1.35. The number of aldehydes is 1. The first-order valence-electron chi connectivity index (χ1n) is 3.91. The van der Waals surface area contributed by atoms with Crippen LogP contribution in [0.15, 0.2) is 28.1 Å². The molecule has 0 unspecified atom stereocenters. The van der Waals surface area contributed by atoms with E-state index >= 15 is 0 Å². The molecule has 1 nitrogen and oxygen atoms in total. The van der Waals surface area contributed by atoms with Gasteiger partial charge in [-0.15, -0.1) is 11.3 Å². The van der Waals surface area contributed by atoms with Gasteiger partial charge in [-0.2, -0.15) is 0 Å². The van der Waals surface area contributed by atoms with Gasteiger partial charge in [0.25, 0.3) is 0 Å². The predicted molar refractivity (Wildman–Crippen MR) is 59.3 cm³/mol. The van der Waals surface area contributed by atoms with E-state index in [-0.39, 0.29) is 0 Å². The third-order valence-corrected chi connectivity index (χ3v) is 3.59. The monoisotopic (exact) mass is 254 g/mol. The highest BCUT2D eigenvalue weighted by Crippen LogP contribution is 2.32. The summed E-state index contributed by atoms with van der Waals surface area (Å²) < 4.78 is 2.30. The number of hydrogen-bond donors (Lipinski definition) is 0. The Hall–Kier alpha value is -0.670. The third kappa shape index (κ3) is 1.54. The highest BCUT2D eigenvalue weighted by molar-refractivity contribution is 9.10. The van der Waals surface area contributed by atoms with Crippen LogP contribution in [-0.4, -0.2) is 6.29 Å². The minimum absolute atomic E-state index is 0.503. The summed E-state index contributed by atoms with van der Waals surface area (Å²) in [7, 11) is 0. The van der Waals surface area contributed by atoms with E-state index in [4.69, 9.17) is 0 Å². The molecule has 0 saturated heterocycles. The van der Waals surface area contributed by atoms with Gasteiger partial charge in [0, 0.05) is 21.0 Å². The van der Waals surface area contributed by atoms with Crippen LogP contribution in [0.4, 0.5) is 0 Å². The summed E-state index contributed by atoms with van der Waals surface area (Å²) in [5.74, 6) is 0. The molecule has 0 saturated carbocycles. The van der Waals surface area contributed by atoms with Gasteiger partial charge in [-0.05, 0) is 23.1 Å². The first-order chi connectivity index (χ1) is 6.33. The second kappa shape index (κ2) is 3.60. The molecule has 2 rings (SSSR count). The standard InChI is InChI=1S/C10H7BrOS/c11-8-2-1-3-9-10(8)7(4-5-12)6-13-9/h1-3,5-6H,4H2. The maximum absolute atomic E-state index is 10.4. The van der Waals surface area contributed by atoms with E-state index in [1.807, 2.05) is 17.5 Å². The van der Waals surface area contributed by atoms with Gasteiger partial charge in [0.2, 0.25) is 0 Å². The van der Waals surface area contributed by atoms with Crippen molar-refractivity contribution >= 4 is 43.6 Å². The molecule has 2 aromatic rings. The summed E-state index contributed by atoms with van der Waals surface area (Å²) in [5.41, 5.74) is 1.11. The maximum atomic E-state index is 10.4. The molecule has 66 valence electrons. The Morgan fingerprint density at radius 3 is 3.08 bits per heavy atom. The number of rotatable bonds is 2. The van der Waals surface area contributed by atoms with Gasteiger partial charge in [-0.3, -0.25) is 0 Å². The van der Waals surface area contributed by atoms with E-state index in [1.165, 1.54) is 10.1 Å². The highest BCUT2D eigenvalue weighted by atomic mass is 79.9. The summed E-state index contributed by atoms with van der Waals surface area (Å²) in [6.45, 7) is 0. The smallest absolute Gasteiger partial charge is 0.124 e. The van der Waals surface area contributed by atoms with Crippen LogP contribution in [0.3, 0.4) is 0 Å². The summed E-state index contributed by atoms with van der Waals surface area (Å²) >= 11 is 5.17. The third-order valence-electron chi connectivity index (χ3n) is 1.93. The average molecular weight is 255 g/mol. The number of thiophene rings is 1. The van der Waals surface area contributed by atoms with Gasteiger partial charge in [0.1, 0.15) is 6.29 Å². The molecule has 0 spiro atoms. The van der Waals surface area contributed by atoms with Crippen LogP contribution in [0.25, 0.3) is 10.1 Å². The second-order valence-electron chi connectivity index (χ2n) is 2.74. The Balaban J connectivity index is 2.70. The highest BCUT2D eigenvalue weighted by Gasteiger charge is 2.05. The minimum atomic E-state index is 0.503. The lowest BCUT2D eigenvalue weighted by Gasteiger charge is -1.96. The molecule has 3 heteroatoms. The summed E-state index contributed by atoms with van der Waals surface area (Å²) in [6, 6.07) is 6.08. The SMILES string of the molecule is O=CCc1csc2cccc(Br)c12. The summed E-state index contributed by atoms with van der Waals surface area (Å²) in [5, 5.41) is 3.23. The quantitative estimate of drug-likeness (QED) is 0.751. The fourth-order valence-corrected chi connectivity index (χ4v) is 3.10. The predicted octanol–water partition coefficient (Wildman–Crippen LogP) is 3.41. The lowest BCUT2D eigenvalue weighted by atomic mass is 10.1. The van der Waals surface area contributed by atoms with Crippen molar-refractivity contribution < 1.29 is 4.79 Å². The van der Waals surface area contributed by atoms with Gasteiger partial charge in [-0.1, -0.05) is 22.0 Å². The Morgan fingerprint density at radius 1 is 1.46 bits per heavy atom. The van der Waals surface area contributed by atoms with Crippen LogP contribution >= 0.6 is 27.3 Å². The molecule has 0 atom stereocenters. The number of benzene rings is 1. The van der Waals surface area contributed by atoms with Crippen LogP contribution in [0.1, 0.15) is 5.56 Å². The Labute approximate surface area is 88.5 Å². The van der Waals surface area contributed by atoms with Crippen LogP contribution in [-0.2, 0) is 11.2 Å². The van der Waals surface area contributed by atoms with Gasteiger partial charge in [0.05, 0.1) is 0 Å². The number of hydrogen-bond acceptors (Lipinski definition) is 2. The van der Waals surface area contributed by atoms with Crippen molar-refractivity contribution in [2.45, 2.75) is 6.42 Å². The average Bonchev–Trinajstić information content (AvgIpc) is 2.51. The zero-order valence-electron chi connectivity index (χ0n) is 6.79. The lowest BCUT2D eigenvalue weighted by Crippen LogP contribution is -1.82. The van der Waals surface area contributed by atoms with Gasteiger partial charge >= 0.3 is 0 Å². The molecular formula is C10H7BrOS. The molecule has 0 amide bonds. The normalized spacial score (nSPS) is 10.5. The van der Waals surface area contributed by atoms with Crippen molar-refractivity contribution in [3.8, 4) is 0 Å². The lowest BCUT2D eigenvalue weighted by molar-refractivity contribution is -0.107. The summed E-state index contributed by atoms with van der Waals surface area (Å²) in [4.78, 5) is 10.4. The zero-order valence-corrected chi connectivity index (χ0v) is 9.19. The van der Waals surface area contributed by atoms with Crippen LogP contribution < -0.4 is 0 Å². The molecule has 0 fully saturated rings. The van der Waals surface area contributed by atoms with E-state index in [2.05, 4.69) is 22.0 Å². The molecule has 0 N–H and O–H groups in total. The Bertz CT molecular complexity index is 447. The van der Waals surface area contributed by atoms with Crippen LogP contribution in [0.5, 0.6) is 0 Å². The molecule has 13 heavy (non-hydrogen) atoms. The first-order valence-corrected chi connectivity index (χ1v) is 5.58.